The summed E-state index contributed by atoms with van der Waals surface area (Å²) in [5.41, 5.74) is 1.81. The van der Waals surface area contributed by atoms with Crippen molar-refractivity contribution in [1.29, 1.82) is 0 Å². The third-order valence-corrected chi connectivity index (χ3v) is 6.73. The molecule has 2 aromatic heterocycles. The molecule has 1 aliphatic heterocycles. The topological polar surface area (TPSA) is 93.7 Å². The van der Waals surface area contributed by atoms with Gasteiger partial charge >= 0.3 is 0 Å². The standard InChI is InChI=1S/C25H32Cl2N6O3/c1-33(2)9-6-5-8-28-24-23-15(13-29-25(32-23)30-16-7-10-36-14-16)11-17(31-24)20-21(26)18(34-3)12-19(35-4)22(20)27/h11-13,16H,5-10,14H2,1-4H3,(H,28,31)(H,29,30,32). The van der Waals surface area contributed by atoms with Crippen molar-refractivity contribution < 1.29 is 14.2 Å². The Hall–Kier alpha value is -2.59. The molecule has 0 radical (unpaired) electrons. The van der Waals surface area contributed by atoms with E-state index in [-0.39, 0.29) is 6.04 Å². The van der Waals surface area contributed by atoms with Crippen LogP contribution in [0.2, 0.25) is 10.0 Å². The summed E-state index contributed by atoms with van der Waals surface area (Å²) in [6.07, 6.45) is 4.74. The Balaban J connectivity index is 1.75. The predicted molar refractivity (Wildman–Crippen MR) is 145 cm³/mol. The molecule has 1 fully saturated rings. The number of hydrogen-bond acceptors (Lipinski definition) is 9. The third-order valence-electron chi connectivity index (χ3n) is 5.98. The minimum Gasteiger partial charge on any atom is -0.495 e. The first-order chi connectivity index (χ1) is 17.4. The van der Waals surface area contributed by atoms with Gasteiger partial charge in [0, 0.05) is 36.4 Å². The van der Waals surface area contributed by atoms with Crippen LogP contribution < -0.4 is 20.1 Å². The van der Waals surface area contributed by atoms with Gasteiger partial charge in [-0.15, -0.1) is 0 Å². The van der Waals surface area contributed by atoms with E-state index < -0.39 is 0 Å². The molecular weight excluding hydrogens is 503 g/mol. The molecule has 0 spiro atoms. The highest BCUT2D eigenvalue weighted by Crippen LogP contribution is 2.46. The van der Waals surface area contributed by atoms with E-state index in [1.807, 2.05) is 6.07 Å². The summed E-state index contributed by atoms with van der Waals surface area (Å²) in [5, 5.41) is 8.34. The summed E-state index contributed by atoms with van der Waals surface area (Å²) in [4.78, 5) is 16.4. The van der Waals surface area contributed by atoms with E-state index >= 15 is 0 Å². The highest BCUT2D eigenvalue weighted by molar-refractivity contribution is 6.41. The molecule has 1 unspecified atom stereocenters. The molecule has 1 aromatic carbocycles. The second-order valence-electron chi connectivity index (χ2n) is 8.91. The maximum Gasteiger partial charge on any atom is 0.223 e. The van der Waals surface area contributed by atoms with Crippen LogP contribution in [0.15, 0.2) is 18.3 Å². The van der Waals surface area contributed by atoms with Crippen LogP contribution in [0.5, 0.6) is 11.5 Å². The smallest absolute Gasteiger partial charge is 0.223 e. The van der Waals surface area contributed by atoms with Crippen molar-refractivity contribution >= 4 is 45.9 Å². The number of nitrogens with one attached hydrogen (secondary N) is 2. The van der Waals surface area contributed by atoms with Gasteiger partial charge in [-0.05, 0) is 46.0 Å². The molecule has 36 heavy (non-hydrogen) atoms. The molecule has 1 atom stereocenters. The highest BCUT2D eigenvalue weighted by Gasteiger charge is 2.22. The number of fused-ring (bicyclic) bond motifs is 1. The molecule has 1 saturated heterocycles. The van der Waals surface area contributed by atoms with E-state index in [2.05, 4.69) is 34.6 Å². The zero-order valence-corrected chi connectivity index (χ0v) is 22.5. The second-order valence-corrected chi connectivity index (χ2v) is 9.67. The van der Waals surface area contributed by atoms with Gasteiger partial charge in [0.05, 0.1) is 42.6 Å². The van der Waals surface area contributed by atoms with Crippen LogP contribution in [0.1, 0.15) is 19.3 Å². The lowest BCUT2D eigenvalue weighted by atomic mass is 10.1. The molecule has 2 N–H and O–H groups in total. The number of aromatic nitrogens is 3. The molecule has 0 amide bonds. The molecule has 194 valence electrons. The van der Waals surface area contributed by atoms with E-state index in [1.165, 1.54) is 0 Å². The second kappa shape index (κ2) is 12.1. The Morgan fingerprint density at radius 3 is 2.47 bits per heavy atom. The molecule has 1 aliphatic rings. The monoisotopic (exact) mass is 534 g/mol. The van der Waals surface area contributed by atoms with Crippen molar-refractivity contribution in [3.05, 3.63) is 28.4 Å². The number of halogens is 2. The average molecular weight is 535 g/mol. The van der Waals surface area contributed by atoms with Gasteiger partial charge < -0.3 is 29.7 Å². The molecule has 3 heterocycles. The fraction of sp³-hybridized carbons (Fsp3) is 0.480. The summed E-state index contributed by atoms with van der Waals surface area (Å²) < 4.78 is 16.4. The van der Waals surface area contributed by atoms with Gasteiger partial charge in [-0.2, -0.15) is 0 Å². The van der Waals surface area contributed by atoms with Crippen LogP contribution in [0.3, 0.4) is 0 Å². The molecule has 9 nitrogen and oxygen atoms in total. The highest BCUT2D eigenvalue weighted by atomic mass is 35.5. The van der Waals surface area contributed by atoms with Gasteiger partial charge in [0.2, 0.25) is 5.95 Å². The van der Waals surface area contributed by atoms with E-state index in [9.17, 15) is 0 Å². The molecule has 3 aromatic rings. The van der Waals surface area contributed by atoms with Crippen molar-refractivity contribution in [1.82, 2.24) is 19.9 Å². The zero-order chi connectivity index (χ0) is 25.7. The SMILES string of the molecule is COc1cc(OC)c(Cl)c(-c2cc3cnc(NC4CCOC4)nc3c(NCCCCN(C)C)n2)c1Cl. The summed E-state index contributed by atoms with van der Waals surface area (Å²) in [6, 6.07) is 3.73. The summed E-state index contributed by atoms with van der Waals surface area (Å²) in [5.74, 6) is 2.07. The van der Waals surface area contributed by atoms with Gasteiger partial charge in [-0.1, -0.05) is 23.2 Å². The molecule has 0 bridgehead atoms. The van der Waals surface area contributed by atoms with Crippen molar-refractivity contribution in [3.8, 4) is 22.8 Å². The minimum absolute atomic E-state index is 0.194. The zero-order valence-electron chi connectivity index (χ0n) is 21.0. The third kappa shape index (κ3) is 6.03. The molecule has 0 saturated carbocycles. The quantitative estimate of drug-likeness (QED) is 0.330. The normalized spacial score (nSPS) is 15.5. The maximum atomic E-state index is 6.69. The number of hydrogen-bond donors (Lipinski definition) is 2. The van der Waals surface area contributed by atoms with Crippen molar-refractivity contribution in [3.63, 3.8) is 0 Å². The summed E-state index contributed by atoms with van der Waals surface area (Å²) >= 11 is 13.4. The maximum absolute atomic E-state index is 6.69. The number of ether oxygens (including phenoxy) is 3. The van der Waals surface area contributed by atoms with Crippen LogP contribution in [0.25, 0.3) is 22.2 Å². The Morgan fingerprint density at radius 2 is 1.83 bits per heavy atom. The Morgan fingerprint density at radius 1 is 1.08 bits per heavy atom. The first-order valence-corrected chi connectivity index (χ1v) is 12.7. The van der Waals surface area contributed by atoms with Crippen LogP contribution in [-0.4, -0.2) is 80.5 Å². The minimum atomic E-state index is 0.194. The molecule has 0 aliphatic carbocycles. The number of unbranched alkanes of at least 4 members (excludes halogenated alkanes) is 1. The van der Waals surface area contributed by atoms with E-state index in [0.29, 0.717) is 56.7 Å². The number of pyridine rings is 1. The van der Waals surface area contributed by atoms with Gasteiger partial charge in [0.1, 0.15) is 17.0 Å². The number of rotatable bonds is 11. The molecule has 11 heteroatoms. The molecule has 4 rings (SSSR count). The van der Waals surface area contributed by atoms with E-state index in [4.69, 9.17) is 47.4 Å². The fourth-order valence-electron chi connectivity index (χ4n) is 4.06. The van der Waals surface area contributed by atoms with E-state index in [0.717, 1.165) is 44.3 Å². The largest absolute Gasteiger partial charge is 0.495 e. The summed E-state index contributed by atoms with van der Waals surface area (Å²) in [7, 11) is 7.24. The number of anilines is 2. The Bertz CT molecular complexity index is 1180. The first-order valence-electron chi connectivity index (χ1n) is 11.9. The summed E-state index contributed by atoms with van der Waals surface area (Å²) in [6.45, 7) is 3.14. The van der Waals surface area contributed by atoms with Crippen LogP contribution >= 0.6 is 23.2 Å². The van der Waals surface area contributed by atoms with Crippen LogP contribution in [-0.2, 0) is 4.74 Å². The van der Waals surface area contributed by atoms with Gasteiger partial charge in [-0.3, -0.25) is 0 Å². The Labute approximate surface area is 221 Å². The van der Waals surface area contributed by atoms with Crippen LogP contribution in [0.4, 0.5) is 11.8 Å². The van der Waals surface area contributed by atoms with Crippen LogP contribution in [0, 0.1) is 0 Å². The Kier molecular flexibility index (Phi) is 8.90. The fourth-order valence-corrected chi connectivity index (χ4v) is 4.76. The number of nitrogens with zero attached hydrogens (tertiary/aromatic N) is 4. The predicted octanol–water partition coefficient (Wildman–Crippen LogP) is 4.97. The van der Waals surface area contributed by atoms with Crippen molar-refractivity contribution in [2.45, 2.75) is 25.3 Å². The number of benzene rings is 1. The lowest BCUT2D eigenvalue weighted by Gasteiger charge is -2.17. The first kappa shape index (κ1) is 26.5. The van der Waals surface area contributed by atoms with Crippen molar-refractivity contribution in [2.75, 3.05) is 65.3 Å². The number of methoxy groups -OCH3 is 2. The lowest BCUT2D eigenvalue weighted by Crippen LogP contribution is -2.20. The van der Waals surface area contributed by atoms with Gasteiger partial charge in [0.25, 0.3) is 0 Å². The van der Waals surface area contributed by atoms with Gasteiger partial charge in [-0.25, -0.2) is 15.0 Å². The van der Waals surface area contributed by atoms with E-state index in [1.54, 1.807) is 26.5 Å². The molecular formula is C25H32Cl2N6O3. The average Bonchev–Trinajstić information content (AvgIpc) is 3.37. The van der Waals surface area contributed by atoms with Gasteiger partial charge in [0.15, 0.2) is 5.82 Å². The van der Waals surface area contributed by atoms with Crippen molar-refractivity contribution in [2.24, 2.45) is 0 Å². The lowest BCUT2D eigenvalue weighted by molar-refractivity contribution is 0.195.